The number of nitrogens with zero attached hydrogens (tertiary/aromatic N) is 2. The summed E-state index contributed by atoms with van der Waals surface area (Å²) in [6, 6.07) is 9.42. The van der Waals surface area contributed by atoms with Crippen LogP contribution in [0, 0.1) is 11.3 Å². The number of anilines is 1. The molecule has 1 amide bonds. The van der Waals surface area contributed by atoms with E-state index in [9.17, 15) is 25.4 Å². The van der Waals surface area contributed by atoms with Gasteiger partial charge in [0, 0.05) is 25.3 Å². The molecule has 162 valence electrons. The lowest BCUT2D eigenvalue weighted by Gasteiger charge is -2.39. The smallest absolute Gasteiger partial charge is 0.262 e. The number of hydrogen-bond donors (Lipinski definition) is 4. The lowest BCUT2D eigenvalue weighted by molar-refractivity contribution is -0.215. The fraction of sp³-hybridized carbons (Fsp3) is 0.524. The largest absolute Gasteiger partial charge is 0.388 e. The summed E-state index contributed by atoms with van der Waals surface area (Å²) in [6.07, 6.45) is -4.03. The minimum absolute atomic E-state index is 0.0898. The van der Waals surface area contributed by atoms with Crippen molar-refractivity contribution in [2.75, 3.05) is 37.7 Å². The molecule has 0 bridgehead atoms. The van der Waals surface area contributed by atoms with E-state index >= 15 is 0 Å². The predicted octanol–water partition coefficient (Wildman–Crippen LogP) is -0.584. The second-order valence-electron chi connectivity index (χ2n) is 7.42. The summed E-state index contributed by atoms with van der Waals surface area (Å²) in [5, 5.41) is 41.5. The molecule has 5 atom stereocenters. The number of rotatable bonds is 5. The Kier molecular flexibility index (Phi) is 7.42. The van der Waals surface area contributed by atoms with Gasteiger partial charge in [-0.3, -0.25) is 4.79 Å². The van der Waals surface area contributed by atoms with Gasteiger partial charge in [0.2, 0.25) is 0 Å². The van der Waals surface area contributed by atoms with Crippen LogP contribution in [0.4, 0.5) is 5.69 Å². The Bertz CT molecular complexity index is 800. The first-order valence-corrected chi connectivity index (χ1v) is 9.93. The summed E-state index contributed by atoms with van der Waals surface area (Å²) in [5.74, 6) is -0.612. The molecule has 2 heterocycles. The zero-order valence-corrected chi connectivity index (χ0v) is 16.8. The van der Waals surface area contributed by atoms with Crippen molar-refractivity contribution in [3.8, 4) is 6.07 Å². The lowest BCUT2D eigenvalue weighted by atomic mass is 9.95. The molecule has 2 fully saturated rings. The van der Waals surface area contributed by atoms with Gasteiger partial charge in [-0.15, -0.1) is 0 Å². The molecule has 1 unspecified atom stereocenters. The Labute approximate surface area is 175 Å². The number of benzene rings is 1. The maximum atomic E-state index is 12.4. The number of carbonyl (C=O) groups is 1. The minimum Gasteiger partial charge on any atom is -0.388 e. The maximum absolute atomic E-state index is 12.4. The van der Waals surface area contributed by atoms with Gasteiger partial charge < -0.3 is 35.0 Å². The quantitative estimate of drug-likeness (QED) is 0.369. The van der Waals surface area contributed by atoms with Crippen LogP contribution in [0.3, 0.4) is 0 Å². The van der Waals surface area contributed by atoms with Gasteiger partial charge in [0.15, 0.2) is 0 Å². The summed E-state index contributed by atoms with van der Waals surface area (Å²) in [6.45, 7) is 4.48. The van der Waals surface area contributed by atoms with E-state index in [2.05, 4.69) is 10.2 Å². The monoisotopic (exact) mass is 417 g/mol. The van der Waals surface area contributed by atoms with Crippen molar-refractivity contribution in [3.05, 3.63) is 35.4 Å². The van der Waals surface area contributed by atoms with Crippen LogP contribution < -0.4 is 10.2 Å². The molecule has 9 nitrogen and oxygen atoms in total. The van der Waals surface area contributed by atoms with Crippen molar-refractivity contribution in [2.24, 2.45) is 0 Å². The van der Waals surface area contributed by atoms with Crippen LogP contribution in [-0.2, 0) is 14.3 Å². The number of carbonyl (C=O) groups excluding carboxylic acids is 1. The van der Waals surface area contributed by atoms with Crippen molar-refractivity contribution >= 4 is 17.7 Å². The summed E-state index contributed by atoms with van der Waals surface area (Å²) in [4.78, 5) is 14.6. The van der Waals surface area contributed by atoms with Gasteiger partial charge in [0.1, 0.15) is 36.1 Å². The summed E-state index contributed by atoms with van der Waals surface area (Å²) in [7, 11) is 0. The molecule has 0 radical (unpaired) electrons. The second kappa shape index (κ2) is 10.0. The van der Waals surface area contributed by atoms with Gasteiger partial charge in [-0.25, -0.2) is 0 Å². The van der Waals surface area contributed by atoms with Crippen LogP contribution in [0.25, 0.3) is 6.08 Å². The van der Waals surface area contributed by atoms with Crippen molar-refractivity contribution in [1.29, 1.82) is 5.26 Å². The molecule has 0 aromatic heterocycles. The van der Waals surface area contributed by atoms with Gasteiger partial charge in [-0.05, 0) is 30.7 Å². The Morgan fingerprint density at radius 1 is 1.20 bits per heavy atom. The fourth-order valence-corrected chi connectivity index (χ4v) is 3.51. The third-order valence-electron chi connectivity index (χ3n) is 5.36. The first-order chi connectivity index (χ1) is 14.4. The van der Waals surface area contributed by atoms with Gasteiger partial charge >= 0.3 is 0 Å². The Balaban J connectivity index is 1.60. The standard InChI is InChI=1S/C21H27N3O6/c1-13-18(25)20(27)19(26)17(30-13)12-23-21(28)15(11-22)10-14-2-4-16(5-3-14)24-6-8-29-9-7-24/h2-5,10,13,17-20,25-27H,6-9,12H2,1H3,(H,23,28)/b15-10+/t13?,17-,18+,19-,20-/m1/s1. The SMILES string of the molecule is CC1O[C@H](CNC(=O)/C(C#N)=C/c2ccc(N3CCOCC3)cc2)[C@@H](O)[C@H](O)[C@H]1O. The van der Waals surface area contributed by atoms with Crippen LogP contribution in [0.15, 0.2) is 29.8 Å². The molecule has 0 spiro atoms. The number of ether oxygens (including phenoxy) is 2. The number of aliphatic hydroxyl groups excluding tert-OH is 3. The lowest BCUT2D eigenvalue weighted by Crippen LogP contribution is -2.59. The predicted molar refractivity (Wildman–Crippen MR) is 108 cm³/mol. The van der Waals surface area contributed by atoms with Gasteiger partial charge in [-0.1, -0.05) is 12.1 Å². The molecule has 0 aliphatic carbocycles. The fourth-order valence-electron chi connectivity index (χ4n) is 3.51. The van der Waals surface area contributed by atoms with Gasteiger partial charge in [0.05, 0.1) is 19.3 Å². The van der Waals surface area contributed by atoms with E-state index in [1.54, 1.807) is 6.92 Å². The highest BCUT2D eigenvalue weighted by Gasteiger charge is 2.41. The van der Waals surface area contributed by atoms with E-state index in [4.69, 9.17) is 9.47 Å². The van der Waals surface area contributed by atoms with Crippen LogP contribution in [-0.4, -0.2) is 84.6 Å². The minimum atomic E-state index is -1.37. The van der Waals surface area contributed by atoms with Crippen molar-refractivity contribution < 1.29 is 29.6 Å². The van der Waals surface area contributed by atoms with Crippen LogP contribution in [0.1, 0.15) is 12.5 Å². The highest BCUT2D eigenvalue weighted by Crippen LogP contribution is 2.21. The molecule has 3 rings (SSSR count). The molecule has 2 aliphatic rings. The number of aliphatic hydroxyl groups is 3. The van der Waals surface area contributed by atoms with Gasteiger partial charge in [-0.2, -0.15) is 5.26 Å². The number of morpholine rings is 1. The number of hydrogen-bond acceptors (Lipinski definition) is 8. The van der Waals surface area contributed by atoms with E-state index in [0.29, 0.717) is 18.8 Å². The molecule has 2 saturated heterocycles. The highest BCUT2D eigenvalue weighted by atomic mass is 16.5. The second-order valence-corrected chi connectivity index (χ2v) is 7.42. The van der Waals surface area contributed by atoms with Crippen LogP contribution in [0.5, 0.6) is 0 Å². The Morgan fingerprint density at radius 3 is 2.50 bits per heavy atom. The van der Waals surface area contributed by atoms with E-state index in [-0.39, 0.29) is 12.1 Å². The van der Waals surface area contributed by atoms with Crippen molar-refractivity contribution in [2.45, 2.75) is 37.4 Å². The molecular formula is C21H27N3O6. The first kappa shape index (κ1) is 22.2. The molecular weight excluding hydrogens is 390 g/mol. The van der Waals surface area contributed by atoms with E-state index in [0.717, 1.165) is 18.8 Å². The molecule has 1 aromatic carbocycles. The third-order valence-corrected chi connectivity index (χ3v) is 5.36. The molecule has 1 aromatic rings. The Hall–Kier alpha value is -2.48. The third kappa shape index (κ3) is 5.16. The van der Waals surface area contributed by atoms with E-state index < -0.39 is 36.4 Å². The van der Waals surface area contributed by atoms with Crippen molar-refractivity contribution in [3.63, 3.8) is 0 Å². The van der Waals surface area contributed by atoms with Crippen LogP contribution in [0.2, 0.25) is 0 Å². The molecule has 2 aliphatic heterocycles. The molecule has 4 N–H and O–H groups in total. The average molecular weight is 417 g/mol. The summed E-state index contributed by atoms with van der Waals surface area (Å²) < 4.78 is 10.8. The topological polar surface area (TPSA) is 135 Å². The maximum Gasteiger partial charge on any atom is 0.262 e. The van der Waals surface area contributed by atoms with Crippen LogP contribution >= 0.6 is 0 Å². The van der Waals surface area contributed by atoms with E-state index in [1.165, 1.54) is 6.08 Å². The number of nitrogens with one attached hydrogen (secondary N) is 1. The summed E-state index contributed by atoms with van der Waals surface area (Å²) >= 11 is 0. The number of nitriles is 1. The molecule has 9 heteroatoms. The first-order valence-electron chi connectivity index (χ1n) is 9.93. The van der Waals surface area contributed by atoms with Crippen molar-refractivity contribution in [1.82, 2.24) is 5.32 Å². The normalized spacial score (nSPS) is 29.9. The molecule has 0 saturated carbocycles. The zero-order chi connectivity index (χ0) is 21.7. The Morgan fingerprint density at radius 2 is 1.87 bits per heavy atom. The zero-order valence-electron chi connectivity index (χ0n) is 16.8. The average Bonchev–Trinajstić information content (AvgIpc) is 2.78. The highest BCUT2D eigenvalue weighted by molar-refractivity contribution is 6.01. The molecule has 30 heavy (non-hydrogen) atoms. The number of amides is 1. The summed E-state index contributed by atoms with van der Waals surface area (Å²) in [5.41, 5.74) is 1.67. The van der Waals surface area contributed by atoms with Gasteiger partial charge in [0.25, 0.3) is 5.91 Å². The van der Waals surface area contributed by atoms with E-state index in [1.807, 2.05) is 30.3 Å².